The first-order valence-electron chi connectivity index (χ1n) is 20.5. The summed E-state index contributed by atoms with van der Waals surface area (Å²) in [7, 11) is 0. The number of aliphatic hydroxyl groups excluding tert-OH is 3. The molecular formula is C46H72O9. The van der Waals surface area contributed by atoms with Gasteiger partial charge < -0.3 is 29.5 Å². The molecule has 12 atom stereocenters. The first-order valence-corrected chi connectivity index (χ1v) is 20.5. The average Bonchev–Trinajstić information content (AvgIpc) is 3.04. The molecule has 4 aliphatic carbocycles. The van der Waals surface area contributed by atoms with Gasteiger partial charge in [0.25, 0.3) is 0 Å². The summed E-state index contributed by atoms with van der Waals surface area (Å²) in [5, 5.41) is 36.3. The maximum atomic E-state index is 13.3. The maximum absolute atomic E-state index is 13.3. The first kappa shape index (κ1) is 45.0. The lowest BCUT2D eigenvalue weighted by atomic mass is 9.35. The van der Waals surface area contributed by atoms with Crippen LogP contribution >= 0.6 is 0 Å². The molecule has 4 saturated carbocycles. The van der Waals surface area contributed by atoms with E-state index in [9.17, 15) is 29.7 Å². The standard InChI is InChI=1S/C46H72O9/c1-14-15-33-43(11)18-17-34(47)44(12,26-53-36(49)20-28(2)3)32(43)16-19-45(33,13)42(10)24-31-23-41(8,9)39(52)40(55-38(51)22-30(6)7)46(31,35(48)25-42)27-54-37(50)21-29(4)5/h14,20-22,31-35,39-40,47-48,52H,1,15-19,23-27H2,2-13H3/t31?,32?,33?,34-,35+,39-,40-,42-,43-,44+,45+,46-/m0/s1. The Hall–Kier alpha value is -2.75. The van der Waals surface area contributed by atoms with Gasteiger partial charge in [0.2, 0.25) is 0 Å². The second-order valence-corrected chi connectivity index (χ2v) is 20.3. The first-order chi connectivity index (χ1) is 25.3. The van der Waals surface area contributed by atoms with Gasteiger partial charge in [-0.2, -0.15) is 0 Å². The maximum Gasteiger partial charge on any atom is 0.331 e. The summed E-state index contributed by atoms with van der Waals surface area (Å²) >= 11 is 0. The van der Waals surface area contributed by atoms with E-state index in [4.69, 9.17) is 14.2 Å². The van der Waals surface area contributed by atoms with Crippen LogP contribution in [0.4, 0.5) is 0 Å². The molecule has 9 nitrogen and oxygen atoms in total. The topological polar surface area (TPSA) is 140 Å². The van der Waals surface area contributed by atoms with Gasteiger partial charge in [-0.15, -0.1) is 6.58 Å². The molecule has 4 aliphatic rings. The molecule has 0 aliphatic heterocycles. The average molecular weight is 769 g/mol. The molecule has 0 heterocycles. The summed E-state index contributed by atoms with van der Waals surface area (Å²) in [6.45, 7) is 28.1. The monoisotopic (exact) mass is 769 g/mol. The van der Waals surface area contributed by atoms with Gasteiger partial charge in [-0.25, -0.2) is 14.4 Å². The summed E-state index contributed by atoms with van der Waals surface area (Å²) in [4.78, 5) is 39.1. The minimum atomic E-state index is -1.25. The third-order valence-corrected chi connectivity index (χ3v) is 15.2. The van der Waals surface area contributed by atoms with Crippen LogP contribution in [0.3, 0.4) is 0 Å². The van der Waals surface area contributed by atoms with Crippen LogP contribution in [0.2, 0.25) is 0 Å². The molecule has 0 spiro atoms. The number of ether oxygens (including phenoxy) is 3. The highest BCUT2D eigenvalue weighted by molar-refractivity contribution is 5.83. The lowest BCUT2D eigenvalue weighted by Crippen LogP contribution is -2.71. The number of esters is 3. The van der Waals surface area contributed by atoms with Crippen LogP contribution in [-0.4, -0.2) is 70.9 Å². The SMILES string of the molecule is C=CCC1[C@@]2(C)CC[C@H](O)[C@](C)(COC(=O)C=C(C)C)C2CC[C@@]1(C)[C@@]1(C)CC2CC(C)(C)[C@@H](O)[C@H](OC(=O)C=C(C)C)[C@]2(COC(=O)C=C(C)C)[C@H](O)C1. The van der Waals surface area contributed by atoms with Crippen LogP contribution in [-0.2, 0) is 28.6 Å². The number of allylic oxidation sites excluding steroid dienone is 4. The Labute approximate surface area is 331 Å². The van der Waals surface area contributed by atoms with Crippen molar-refractivity contribution in [2.45, 2.75) is 159 Å². The fraction of sp³-hybridized carbons (Fsp3) is 0.761. The van der Waals surface area contributed by atoms with Gasteiger partial charge in [-0.3, -0.25) is 0 Å². The lowest BCUT2D eigenvalue weighted by molar-refractivity contribution is -0.279. The minimum absolute atomic E-state index is 0.0644. The van der Waals surface area contributed by atoms with E-state index in [1.165, 1.54) is 18.2 Å². The number of rotatable bonds is 11. The van der Waals surface area contributed by atoms with Gasteiger partial charge in [-0.1, -0.05) is 64.3 Å². The second-order valence-electron chi connectivity index (χ2n) is 20.3. The number of aliphatic hydroxyl groups is 3. The Morgan fingerprint density at radius 1 is 0.709 bits per heavy atom. The summed E-state index contributed by atoms with van der Waals surface area (Å²) in [6.07, 6.45) is 7.64. The Kier molecular flexibility index (Phi) is 13.3. The number of fused-ring (bicyclic) bond motifs is 2. The zero-order valence-electron chi connectivity index (χ0n) is 35.9. The van der Waals surface area contributed by atoms with Gasteiger partial charge in [0.05, 0.1) is 30.3 Å². The molecule has 0 radical (unpaired) electrons. The molecular weight excluding hydrogens is 696 g/mol. The minimum Gasteiger partial charge on any atom is -0.462 e. The predicted molar refractivity (Wildman–Crippen MR) is 214 cm³/mol. The summed E-state index contributed by atoms with van der Waals surface area (Å²) in [6, 6.07) is 0. The van der Waals surface area contributed by atoms with Crippen molar-refractivity contribution in [3.8, 4) is 0 Å². The summed E-state index contributed by atoms with van der Waals surface area (Å²) in [5.74, 6) is -1.63. The molecule has 3 unspecified atom stereocenters. The predicted octanol–water partition coefficient (Wildman–Crippen LogP) is 8.21. The molecule has 4 fully saturated rings. The smallest absolute Gasteiger partial charge is 0.331 e. The van der Waals surface area contributed by atoms with Crippen molar-refractivity contribution < 1.29 is 43.9 Å². The zero-order chi connectivity index (χ0) is 41.5. The Morgan fingerprint density at radius 3 is 1.80 bits per heavy atom. The van der Waals surface area contributed by atoms with Gasteiger partial charge in [0, 0.05) is 23.6 Å². The molecule has 9 heteroatoms. The lowest BCUT2D eigenvalue weighted by Gasteiger charge is -2.70. The Morgan fingerprint density at radius 2 is 1.25 bits per heavy atom. The summed E-state index contributed by atoms with van der Waals surface area (Å²) < 4.78 is 18.0. The van der Waals surface area contributed by atoms with Crippen molar-refractivity contribution >= 4 is 17.9 Å². The third kappa shape index (κ3) is 8.32. The molecule has 0 aromatic carbocycles. The molecule has 3 N–H and O–H groups in total. The number of hydrogen-bond acceptors (Lipinski definition) is 9. The Bertz CT molecular complexity index is 1560. The largest absolute Gasteiger partial charge is 0.462 e. The van der Waals surface area contributed by atoms with E-state index in [-0.39, 0.29) is 41.8 Å². The van der Waals surface area contributed by atoms with Crippen molar-refractivity contribution in [2.75, 3.05) is 13.2 Å². The molecule has 4 rings (SSSR count). The molecule has 310 valence electrons. The van der Waals surface area contributed by atoms with E-state index in [2.05, 4.69) is 34.3 Å². The van der Waals surface area contributed by atoms with E-state index in [0.717, 1.165) is 42.4 Å². The number of carbonyl (C=O) groups excluding carboxylic acids is 3. The molecule has 55 heavy (non-hydrogen) atoms. The van der Waals surface area contributed by atoms with Crippen LogP contribution in [0.1, 0.15) is 134 Å². The zero-order valence-corrected chi connectivity index (χ0v) is 35.9. The van der Waals surface area contributed by atoms with Gasteiger partial charge in [0.1, 0.15) is 12.7 Å². The highest BCUT2D eigenvalue weighted by Crippen LogP contribution is 2.73. The summed E-state index contributed by atoms with van der Waals surface area (Å²) in [5.41, 5.74) is -1.19. The van der Waals surface area contributed by atoms with E-state index in [0.29, 0.717) is 25.7 Å². The highest BCUT2D eigenvalue weighted by atomic mass is 16.6. The van der Waals surface area contributed by atoms with Gasteiger partial charge >= 0.3 is 17.9 Å². The van der Waals surface area contributed by atoms with Crippen LogP contribution in [0, 0.1) is 50.2 Å². The normalized spacial score (nSPS) is 40.6. The van der Waals surface area contributed by atoms with Crippen LogP contribution in [0.5, 0.6) is 0 Å². The molecule has 0 amide bonds. The number of carbonyl (C=O) groups is 3. The fourth-order valence-electron chi connectivity index (χ4n) is 12.1. The van der Waals surface area contributed by atoms with Crippen LogP contribution in [0.25, 0.3) is 0 Å². The van der Waals surface area contributed by atoms with Crippen molar-refractivity contribution in [3.63, 3.8) is 0 Å². The molecule has 0 saturated heterocycles. The van der Waals surface area contributed by atoms with Gasteiger partial charge in [0.15, 0.2) is 0 Å². The third-order valence-electron chi connectivity index (χ3n) is 15.2. The van der Waals surface area contributed by atoms with E-state index in [1.54, 1.807) is 13.8 Å². The van der Waals surface area contributed by atoms with Crippen molar-refractivity contribution in [2.24, 2.45) is 50.2 Å². The van der Waals surface area contributed by atoms with Crippen molar-refractivity contribution in [1.29, 1.82) is 0 Å². The van der Waals surface area contributed by atoms with Gasteiger partial charge in [-0.05, 0) is 132 Å². The molecule has 0 aromatic rings. The number of hydrogen-bond donors (Lipinski definition) is 3. The van der Waals surface area contributed by atoms with Crippen molar-refractivity contribution in [3.05, 3.63) is 47.6 Å². The van der Waals surface area contributed by atoms with E-state index in [1.807, 2.05) is 47.6 Å². The van der Waals surface area contributed by atoms with E-state index >= 15 is 0 Å². The molecule has 0 bridgehead atoms. The highest BCUT2D eigenvalue weighted by Gasteiger charge is 2.71. The Balaban J connectivity index is 1.80. The van der Waals surface area contributed by atoms with Crippen LogP contribution in [0.15, 0.2) is 47.6 Å². The molecule has 0 aromatic heterocycles. The van der Waals surface area contributed by atoms with Crippen molar-refractivity contribution in [1.82, 2.24) is 0 Å². The second kappa shape index (κ2) is 16.2. The van der Waals surface area contributed by atoms with E-state index < -0.39 is 64.0 Å². The fourth-order valence-corrected chi connectivity index (χ4v) is 12.1. The van der Waals surface area contributed by atoms with Crippen LogP contribution < -0.4 is 0 Å². The quantitative estimate of drug-likeness (QED) is 0.0822.